The first-order valence-electron chi connectivity index (χ1n) is 10.8. The fourth-order valence-electron chi connectivity index (χ4n) is 4.05. The maximum Gasteiger partial charge on any atom is 0.267 e. The van der Waals surface area contributed by atoms with Crippen molar-refractivity contribution in [1.29, 1.82) is 0 Å². The van der Waals surface area contributed by atoms with Gasteiger partial charge in [0.1, 0.15) is 6.61 Å². The smallest absolute Gasteiger partial charge is 0.267 e. The van der Waals surface area contributed by atoms with Gasteiger partial charge in [0.05, 0.1) is 10.4 Å². The minimum atomic E-state index is -0.703. The number of thiophene rings is 1. The van der Waals surface area contributed by atoms with Gasteiger partial charge in [-0.2, -0.15) is 0 Å². The summed E-state index contributed by atoms with van der Waals surface area (Å²) in [6.07, 6.45) is -0.703. The zero-order chi connectivity index (χ0) is 22.8. The first kappa shape index (κ1) is 21.2. The average Bonchev–Trinajstić information content (AvgIpc) is 3.42. The largest absolute Gasteiger partial charge is 0.485 e. The standard InChI is InChI=1S/C25H22N2O5S/c28-23(22-10-5-15-33-22)17-6-1-2-7-18(17)24(29)26-11-13-27(14-12-26)25(30)21-16-31-19-8-3-4-9-20(19)32-21/h1-10,15,21H,11-14,16H2. The van der Waals surface area contributed by atoms with E-state index in [0.717, 1.165) is 0 Å². The van der Waals surface area contributed by atoms with Gasteiger partial charge in [0, 0.05) is 31.7 Å². The van der Waals surface area contributed by atoms with Gasteiger partial charge < -0.3 is 19.3 Å². The van der Waals surface area contributed by atoms with Crippen LogP contribution in [0.4, 0.5) is 0 Å². The van der Waals surface area contributed by atoms with Crippen molar-refractivity contribution in [2.45, 2.75) is 6.10 Å². The van der Waals surface area contributed by atoms with Gasteiger partial charge in [-0.25, -0.2) is 0 Å². The molecule has 1 unspecified atom stereocenters. The molecule has 0 radical (unpaired) electrons. The minimum absolute atomic E-state index is 0.148. The predicted molar refractivity (Wildman–Crippen MR) is 123 cm³/mol. The second kappa shape index (κ2) is 9.07. The highest BCUT2D eigenvalue weighted by molar-refractivity contribution is 7.12. The second-order valence-electron chi connectivity index (χ2n) is 7.83. The lowest BCUT2D eigenvalue weighted by molar-refractivity contribution is -0.142. The molecule has 8 heteroatoms. The predicted octanol–water partition coefficient (Wildman–Crippen LogP) is 3.10. The van der Waals surface area contributed by atoms with Crippen LogP contribution in [0.1, 0.15) is 25.6 Å². The summed E-state index contributed by atoms with van der Waals surface area (Å²) in [4.78, 5) is 43.1. The molecule has 0 spiro atoms. The maximum atomic E-state index is 13.2. The summed E-state index contributed by atoms with van der Waals surface area (Å²) >= 11 is 1.35. The lowest BCUT2D eigenvalue weighted by Crippen LogP contribution is -2.55. The molecule has 2 aliphatic heterocycles. The van der Waals surface area contributed by atoms with Crippen LogP contribution in [-0.4, -0.2) is 66.3 Å². The third kappa shape index (κ3) is 4.21. The van der Waals surface area contributed by atoms with Crippen molar-refractivity contribution in [3.8, 4) is 11.5 Å². The van der Waals surface area contributed by atoms with E-state index in [1.807, 2.05) is 23.6 Å². The highest BCUT2D eigenvalue weighted by atomic mass is 32.1. The van der Waals surface area contributed by atoms with Crippen molar-refractivity contribution < 1.29 is 23.9 Å². The SMILES string of the molecule is O=C(c1cccs1)c1ccccc1C(=O)N1CCN(C(=O)C2COc3ccccc3O2)CC1. The monoisotopic (exact) mass is 462 g/mol. The topological polar surface area (TPSA) is 76.2 Å². The Bertz CT molecular complexity index is 1190. The number of amides is 2. The molecule has 3 heterocycles. The van der Waals surface area contributed by atoms with Crippen molar-refractivity contribution >= 4 is 28.9 Å². The molecule has 168 valence electrons. The van der Waals surface area contributed by atoms with Crippen LogP contribution in [0.25, 0.3) is 0 Å². The van der Waals surface area contributed by atoms with E-state index in [4.69, 9.17) is 9.47 Å². The molecule has 0 bridgehead atoms. The maximum absolute atomic E-state index is 13.2. The van der Waals surface area contributed by atoms with Crippen LogP contribution >= 0.6 is 11.3 Å². The van der Waals surface area contributed by atoms with Crippen molar-refractivity contribution in [2.24, 2.45) is 0 Å². The second-order valence-corrected chi connectivity index (χ2v) is 8.78. The quantitative estimate of drug-likeness (QED) is 0.557. The van der Waals surface area contributed by atoms with Crippen LogP contribution in [0.15, 0.2) is 66.0 Å². The number of carbonyl (C=O) groups excluding carboxylic acids is 3. The van der Waals surface area contributed by atoms with E-state index in [9.17, 15) is 14.4 Å². The van der Waals surface area contributed by atoms with Gasteiger partial charge in [-0.15, -0.1) is 11.3 Å². The van der Waals surface area contributed by atoms with Crippen molar-refractivity contribution in [3.05, 3.63) is 82.0 Å². The summed E-state index contributed by atoms with van der Waals surface area (Å²) < 4.78 is 11.5. The molecular weight excluding hydrogens is 440 g/mol. The molecule has 2 aliphatic rings. The minimum Gasteiger partial charge on any atom is -0.485 e. The number of ketones is 1. The molecule has 1 fully saturated rings. The summed E-state index contributed by atoms with van der Waals surface area (Å²) in [6.45, 7) is 1.72. The summed E-state index contributed by atoms with van der Waals surface area (Å²) in [6, 6.07) is 17.7. The highest BCUT2D eigenvalue weighted by Crippen LogP contribution is 2.31. The summed E-state index contributed by atoms with van der Waals surface area (Å²) in [5.74, 6) is 0.687. The number of rotatable bonds is 4. The summed E-state index contributed by atoms with van der Waals surface area (Å²) in [5, 5.41) is 1.84. The number of para-hydroxylation sites is 2. The fraction of sp³-hybridized carbons (Fsp3) is 0.240. The Hall–Kier alpha value is -3.65. The number of piperazine rings is 1. The fourth-order valence-corrected chi connectivity index (χ4v) is 4.73. The third-order valence-corrected chi connectivity index (χ3v) is 6.68. The molecule has 1 aromatic heterocycles. The van der Waals surface area contributed by atoms with Gasteiger partial charge in [0.2, 0.25) is 11.9 Å². The molecule has 0 N–H and O–H groups in total. The lowest BCUT2D eigenvalue weighted by Gasteiger charge is -2.37. The van der Waals surface area contributed by atoms with Crippen LogP contribution in [0.5, 0.6) is 11.5 Å². The molecule has 1 saturated heterocycles. The Kier molecular flexibility index (Phi) is 5.83. The van der Waals surface area contributed by atoms with E-state index >= 15 is 0 Å². The zero-order valence-corrected chi connectivity index (χ0v) is 18.6. The molecule has 2 amide bonds. The Morgan fingerprint density at radius 3 is 2.18 bits per heavy atom. The van der Waals surface area contributed by atoms with E-state index in [2.05, 4.69) is 0 Å². The third-order valence-electron chi connectivity index (χ3n) is 5.81. The van der Waals surface area contributed by atoms with Crippen LogP contribution < -0.4 is 9.47 Å². The average molecular weight is 463 g/mol. The highest BCUT2D eigenvalue weighted by Gasteiger charge is 2.34. The normalized spacial score (nSPS) is 17.5. The van der Waals surface area contributed by atoms with Gasteiger partial charge in [0.25, 0.3) is 11.8 Å². The molecule has 0 aliphatic carbocycles. The van der Waals surface area contributed by atoms with Gasteiger partial charge in [-0.3, -0.25) is 14.4 Å². The number of benzene rings is 2. The Morgan fingerprint density at radius 2 is 1.45 bits per heavy atom. The van der Waals surface area contributed by atoms with E-state index in [1.54, 1.807) is 52.3 Å². The van der Waals surface area contributed by atoms with Crippen LogP contribution in [0, 0.1) is 0 Å². The molecule has 5 rings (SSSR count). The number of carbonyl (C=O) groups is 3. The van der Waals surface area contributed by atoms with Crippen LogP contribution in [0.3, 0.4) is 0 Å². The van der Waals surface area contributed by atoms with Gasteiger partial charge >= 0.3 is 0 Å². The first-order valence-corrected chi connectivity index (χ1v) is 11.6. The van der Waals surface area contributed by atoms with E-state index < -0.39 is 6.10 Å². The Labute approximate surface area is 195 Å². The molecular formula is C25H22N2O5S. The van der Waals surface area contributed by atoms with Crippen molar-refractivity contribution in [2.75, 3.05) is 32.8 Å². The van der Waals surface area contributed by atoms with E-state index in [1.165, 1.54) is 11.3 Å². The molecule has 3 aromatic rings. The Morgan fingerprint density at radius 1 is 0.788 bits per heavy atom. The number of hydrogen-bond acceptors (Lipinski definition) is 6. The molecule has 0 saturated carbocycles. The summed E-state index contributed by atoms with van der Waals surface area (Å²) in [7, 11) is 0. The molecule has 2 aromatic carbocycles. The van der Waals surface area contributed by atoms with Gasteiger partial charge in [0.15, 0.2) is 11.5 Å². The number of ether oxygens (including phenoxy) is 2. The number of hydrogen-bond donors (Lipinski definition) is 0. The molecule has 33 heavy (non-hydrogen) atoms. The van der Waals surface area contributed by atoms with Gasteiger partial charge in [-0.1, -0.05) is 36.4 Å². The molecule has 1 atom stereocenters. The first-order chi connectivity index (χ1) is 16.1. The summed E-state index contributed by atoms with van der Waals surface area (Å²) in [5.41, 5.74) is 0.783. The van der Waals surface area contributed by atoms with Crippen LogP contribution in [-0.2, 0) is 4.79 Å². The van der Waals surface area contributed by atoms with E-state index in [-0.39, 0.29) is 24.2 Å². The van der Waals surface area contributed by atoms with Crippen molar-refractivity contribution in [3.63, 3.8) is 0 Å². The molecule has 7 nitrogen and oxygen atoms in total. The van der Waals surface area contributed by atoms with Gasteiger partial charge in [-0.05, 0) is 29.6 Å². The van der Waals surface area contributed by atoms with Crippen molar-refractivity contribution in [1.82, 2.24) is 9.80 Å². The van der Waals surface area contributed by atoms with E-state index in [0.29, 0.717) is 53.7 Å². The van der Waals surface area contributed by atoms with Crippen LogP contribution in [0.2, 0.25) is 0 Å². The lowest BCUT2D eigenvalue weighted by atomic mass is 10.0. The number of nitrogens with zero attached hydrogens (tertiary/aromatic N) is 2. The Balaban J connectivity index is 1.24. The zero-order valence-electron chi connectivity index (χ0n) is 17.8. The number of fused-ring (bicyclic) bond motifs is 1.